The van der Waals surface area contributed by atoms with Gasteiger partial charge in [-0.25, -0.2) is 15.0 Å². The molecule has 19 heavy (non-hydrogen) atoms. The van der Waals surface area contributed by atoms with Crippen LogP contribution in [0.2, 0.25) is 0 Å². The summed E-state index contributed by atoms with van der Waals surface area (Å²) in [4.78, 5) is 12.6. The van der Waals surface area contributed by atoms with E-state index in [1.165, 1.54) is 0 Å². The van der Waals surface area contributed by atoms with Gasteiger partial charge in [-0.05, 0) is 38.7 Å². The zero-order valence-electron chi connectivity index (χ0n) is 11.0. The molecule has 0 aliphatic heterocycles. The Labute approximate surface area is 112 Å². The fraction of sp³-hybridized carbons (Fsp3) is 0.500. The molecule has 1 aliphatic carbocycles. The predicted octanol–water partition coefficient (Wildman–Crippen LogP) is 2.88. The van der Waals surface area contributed by atoms with Gasteiger partial charge in [0.1, 0.15) is 12.4 Å². The zero-order chi connectivity index (χ0) is 13.1. The molecule has 2 aromatic rings. The lowest BCUT2D eigenvalue weighted by Gasteiger charge is -2.26. The lowest BCUT2D eigenvalue weighted by atomic mass is 9.87. The molecule has 0 N–H and O–H groups in total. The second-order valence-corrected chi connectivity index (χ2v) is 4.95. The largest absolute Gasteiger partial charge is 0.460 e. The minimum absolute atomic E-state index is 0.203. The molecule has 0 saturated heterocycles. The molecule has 1 saturated carbocycles. The van der Waals surface area contributed by atoms with Crippen molar-refractivity contribution in [3.8, 4) is 6.01 Å². The van der Waals surface area contributed by atoms with Crippen LogP contribution in [0.3, 0.4) is 0 Å². The number of aromatic nitrogens is 3. The van der Waals surface area contributed by atoms with Crippen molar-refractivity contribution in [1.29, 1.82) is 0 Å². The Morgan fingerprint density at radius 3 is 2.53 bits per heavy atom. The lowest BCUT2D eigenvalue weighted by molar-refractivity contribution is 0.129. The van der Waals surface area contributed by atoms with Crippen molar-refractivity contribution in [1.82, 2.24) is 15.0 Å². The first-order chi connectivity index (χ1) is 9.31. The van der Waals surface area contributed by atoms with Crippen LogP contribution in [0.25, 0.3) is 0 Å². The highest BCUT2D eigenvalue weighted by molar-refractivity contribution is 5.01. The smallest absolute Gasteiger partial charge is 0.316 e. The van der Waals surface area contributed by atoms with Crippen molar-refractivity contribution in [2.75, 3.05) is 0 Å². The van der Waals surface area contributed by atoms with E-state index < -0.39 is 0 Å². The van der Waals surface area contributed by atoms with Gasteiger partial charge in [0, 0.05) is 18.3 Å². The summed E-state index contributed by atoms with van der Waals surface area (Å²) < 4.78 is 11.3. The lowest BCUT2D eigenvalue weighted by Crippen LogP contribution is -2.24. The highest BCUT2D eigenvalue weighted by Gasteiger charge is 2.26. The van der Waals surface area contributed by atoms with E-state index in [2.05, 4.69) is 15.0 Å². The summed E-state index contributed by atoms with van der Waals surface area (Å²) >= 11 is 0. The monoisotopic (exact) mass is 259 g/mol. The van der Waals surface area contributed by atoms with Crippen LogP contribution in [0.5, 0.6) is 6.01 Å². The highest BCUT2D eigenvalue weighted by atomic mass is 16.5. The third-order valence-electron chi connectivity index (χ3n) is 3.47. The van der Waals surface area contributed by atoms with Crippen LogP contribution in [0.1, 0.15) is 43.2 Å². The molecule has 0 amide bonds. The second kappa shape index (κ2) is 5.38. The minimum atomic E-state index is 0.203. The van der Waals surface area contributed by atoms with Crippen molar-refractivity contribution < 1.29 is 9.15 Å². The molecule has 0 atom stereocenters. The molecule has 0 bridgehead atoms. The third kappa shape index (κ3) is 2.92. The molecule has 5 heteroatoms. The summed E-state index contributed by atoms with van der Waals surface area (Å²) in [6.45, 7) is 1.95. The number of hydrogen-bond donors (Lipinski definition) is 0. The van der Waals surface area contributed by atoms with Crippen LogP contribution in [0, 0.1) is 6.92 Å². The molecule has 3 rings (SSSR count). The Balaban J connectivity index is 1.55. The fourth-order valence-electron chi connectivity index (χ4n) is 2.48. The molecular formula is C14H17N3O2. The molecule has 0 aromatic carbocycles. The average molecular weight is 259 g/mol. The maximum absolute atomic E-state index is 5.77. The van der Waals surface area contributed by atoms with Crippen LogP contribution in [0.4, 0.5) is 0 Å². The molecular weight excluding hydrogens is 242 g/mol. The van der Waals surface area contributed by atoms with E-state index in [0.717, 1.165) is 37.3 Å². The predicted molar refractivity (Wildman–Crippen MR) is 68.9 cm³/mol. The summed E-state index contributed by atoms with van der Waals surface area (Å²) in [6.07, 6.45) is 9.38. The Bertz CT molecular complexity index is 518. The van der Waals surface area contributed by atoms with Gasteiger partial charge in [-0.3, -0.25) is 0 Å². The minimum Gasteiger partial charge on any atom is -0.460 e. The summed E-state index contributed by atoms with van der Waals surface area (Å²) in [7, 11) is 0. The standard InChI is InChI=1S/C14H17N3O2/c1-10-9-18-13(17-10)11-3-5-12(6-4-11)19-14-15-7-2-8-16-14/h2,7-9,11-12H,3-6H2,1H3. The Kier molecular flexibility index (Phi) is 3.44. The molecule has 0 unspecified atom stereocenters. The van der Waals surface area contributed by atoms with Gasteiger partial charge >= 0.3 is 6.01 Å². The molecule has 100 valence electrons. The fourth-order valence-corrected chi connectivity index (χ4v) is 2.48. The van der Waals surface area contributed by atoms with Crippen molar-refractivity contribution in [2.45, 2.75) is 44.6 Å². The maximum atomic E-state index is 5.77. The van der Waals surface area contributed by atoms with Crippen LogP contribution >= 0.6 is 0 Å². The molecule has 0 spiro atoms. The molecule has 5 nitrogen and oxygen atoms in total. The zero-order valence-corrected chi connectivity index (χ0v) is 11.0. The molecule has 2 heterocycles. The summed E-state index contributed by atoms with van der Waals surface area (Å²) in [6, 6.07) is 2.26. The van der Waals surface area contributed by atoms with Crippen LogP contribution < -0.4 is 4.74 Å². The number of hydrogen-bond acceptors (Lipinski definition) is 5. The first-order valence-electron chi connectivity index (χ1n) is 6.67. The summed E-state index contributed by atoms with van der Waals surface area (Å²) in [5.41, 5.74) is 0.950. The van der Waals surface area contributed by atoms with E-state index in [1.54, 1.807) is 24.7 Å². The van der Waals surface area contributed by atoms with E-state index >= 15 is 0 Å². The van der Waals surface area contributed by atoms with Crippen molar-refractivity contribution in [3.63, 3.8) is 0 Å². The highest BCUT2D eigenvalue weighted by Crippen LogP contribution is 2.33. The van der Waals surface area contributed by atoms with Gasteiger partial charge in [0.05, 0.1) is 5.69 Å². The van der Waals surface area contributed by atoms with Crippen LogP contribution in [-0.2, 0) is 0 Å². The van der Waals surface area contributed by atoms with Crippen molar-refractivity contribution in [2.24, 2.45) is 0 Å². The van der Waals surface area contributed by atoms with Gasteiger partial charge in [-0.2, -0.15) is 0 Å². The Morgan fingerprint density at radius 2 is 1.89 bits per heavy atom. The van der Waals surface area contributed by atoms with E-state index in [4.69, 9.17) is 9.15 Å². The number of aryl methyl sites for hydroxylation is 1. The van der Waals surface area contributed by atoms with E-state index in [0.29, 0.717) is 11.9 Å². The second-order valence-electron chi connectivity index (χ2n) is 4.95. The molecule has 0 radical (unpaired) electrons. The Morgan fingerprint density at radius 1 is 1.16 bits per heavy atom. The Hall–Kier alpha value is -1.91. The molecule has 2 aromatic heterocycles. The third-order valence-corrected chi connectivity index (χ3v) is 3.47. The molecule has 1 aliphatic rings. The van der Waals surface area contributed by atoms with Gasteiger partial charge in [0.2, 0.25) is 0 Å². The SMILES string of the molecule is Cc1coc(C2CCC(Oc3ncccn3)CC2)n1. The van der Waals surface area contributed by atoms with Gasteiger partial charge in [-0.15, -0.1) is 0 Å². The van der Waals surface area contributed by atoms with E-state index in [1.807, 2.05) is 6.92 Å². The van der Waals surface area contributed by atoms with Crippen molar-refractivity contribution >= 4 is 0 Å². The normalized spacial score (nSPS) is 23.2. The first-order valence-corrected chi connectivity index (χ1v) is 6.67. The van der Waals surface area contributed by atoms with E-state index in [9.17, 15) is 0 Å². The number of ether oxygens (including phenoxy) is 1. The summed E-state index contributed by atoms with van der Waals surface area (Å²) in [5, 5.41) is 0. The summed E-state index contributed by atoms with van der Waals surface area (Å²) in [5.74, 6) is 1.29. The van der Waals surface area contributed by atoms with Gasteiger partial charge < -0.3 is 9.15 Å². The first kappa shape index (κ1) is 12.1. The quantitative estimate of drug-likeness (QED) is 0.848. The van der Waals surface area contributed by atoms with Gasteiger partial charge in [-0.1, -0.05) is 0 Å². The van der Waals surface area contributed by atoms with Gasteiger partial charge in [0.15, 0.2) is 5.89 Å². The maximum Gasteiger partial charge on any atom is 0.316 e. The van der Waals surface area contributed by atoms with Gasteiger partial charge in [0.25, 0.3) is 0 Å². The van der Waals surface area contributed by atoms with Crippen molar-refractivity contribution in [3.05, 3.63) is 36.3 Å². The molecule has 1 fully saturated rings. The number of nitrogens with zero attached hydrogens (tertiary/aromatic N) is 3. The topological polar surface area (TPSA) is 61.0 Å². The number of rotatable bonds is 3. The average Bonchev–Trinajstić information content (AvgIpc) is 2.87. The van der Waals surface area contributed by atoms with E-state index in [-0.39, 0.29) is 6.10 Å². The van der Waals surface area contributed by atoms with Crippen LogP contribution in [-0.4, -0.2) is 21.1 Å². The van der Waals surface area contributed by atoms with Crippen LogP contribution in [0.15, 0.2) is 29.1 Å². The number of oxazole rings is 1.